The molecule has 0 aliphatic rings. The number of rotatable bonds is 1. The van der Waals surface area contributed by atoms with Gasteiger partial charge in [0.2, 0.25) is 0 Å². The molecular formula is C11H16FN. The van der Waals surface area contributed by atoms with Gasteiger partial charge in [-0.1, -0.05) is 6.07 Å². The van der Waals surface area contributed by atoms with E-state index < -0.39 is 0 Å². The number of benzene rings is 1. The van der Waals surface area contributed by atoms with E-state index in [0.29, 0.717) is 0 Å². The summed E-state index contributed by atoms with van der Waals surface area (Å²) in [5, 5.41) is 3.25. The minimum atomic E-state index is -0.197. The Morgan fingerprint density at radius 2 is 1.85 bits per heavy atom. The van der Waals surface area contributed by atoms with Crippen LogP contribution in [0.3, 0.4) is 0 Å². The Hall–Kier alpha value is -1.05. The number of anilines is 1. The molecule has 0 aliphatic carbocycles. The van der Waals surface area contributed by atoms with Gasteiger partial charge in [0.25, 0.3) is 0 Å². The van der Waals surface area contributed by atoms with Gasteiger partial charge in [-0.25, -0.2) is 4.39 Å². The van der Waals surface area contributed by atoms with Crippen LogP contribution in [0, 0.1) is 12.7 Å². The van der Waals surface area contributed by atoms with Gasteiger partial charge in [-0.3, -0.25) is 0 Å². The summed E-state index contributed by atoms with van der Waals surface area (Å²) >= 11 is 0. The predicted molar refractivity (Wildman–Crippen MR) is 54.5 cm³/mol. The molecule has 0 atom stereocenters. The third-order valence-corrected chi connectivity index (χ3v) is 1.71. The van der Waals surface area contributed by atoms with Crippen LogP contribution < -0.4 is 5.32 Å². The van der Waals surface area contributed by atoms with E-state index in [4.69, 9.17) is 0 Å². The highest BCUT2D eigenvalue weighted by atomic mass is 19.1. The standard InChI is InChI=1S/C11H16FN/c1-8-5-6-9(12)7-10(8)13-11(2,3)4/h5-7,13H,1-4H3. The molecule has 1 aromatic carbocycles. The monoisotopic (exact) mass is 181 g/mol. The van der Waals surface area contributed by atoms with Gasteiger partial charge in [0.15, 0.2) is 0 Å². The molecule has 0 fully saturated rings. The molecule has 0 amide bonds. The number of hydrogen-bond acceptors (Lipinski definition) is 1. The maximum absolute atomic E-state index is 12.9. The van der Waals surface area contributed by atoms with Gasteiger partial charge < -0.3 is 5.32 Å². The zero-order valence-corrected chi connectivity index (χ0v) is 8.61. The van der Waals surface area contributed by atoms with Crippen molar-refractivity contribution in [1.29, 1.82) is 0 Å². The predicted octanol–water partition coefficient (Wildman–Crippen LogP) is 3.34. The average Bonchev–Trinajstić information content (AvgIpc) is 1.94. The smallest absolute Gasteiger partial charge is 0.125 e. The van der Waals surface area contributed by atoms with Crippen LogP contribution >= 0.6 is 0 Å². The normalized spacial score (nSPS) is 11.5. The van der Waals surface area contributed by atoms with E-state index in [1.54, 1.807) is 6.07 Å². The highest BCUT2D eigenvalue weighted by Crippen LogP contribution is 2.20. The van der Waals surface area contributed by atoms with Gasteiger partial charge in [0.05, 0.1) is 0 Å². The largest absolute Gasteiger partial charge is 0.380 e. The van der Waals surface area contributed by atoms with Crippen LogP contribution in [0.5, 0.6) is 0 Å². The van der Waals surface area contributed by atoms with E-state index in [0.717, 1.165) is 11.3 Å². The van der Waals surface area contributed by atoms with Crippen LogP contribution in [0.15, 0.2) is 18.2 Å². The molecule has 1 N–H and O–H groups in total. The van der Waals surface area contributed by atoms with Gasteiger partial charge in [0, 0.05) is 11.2 Å². The topological polar surface area (TPSA) is 12.0 Å². The number of nitrogens with one attached hydrogen (secondary N) is 1. The van der Waals surface area contributed by atoms with Crippen molar-refractivity contribution in [2.75, 3.05) is 5.32 Å². The molecule has 1 nitrogen and oxygen atoms in total. The summed E-state index contributed by atoms with van der Waals surface area (Å²) in [7, 11) is 0. The van der Waals surface area contributed by atoms with Crippen LogP contribution in [-0.4, -0.2) is 5.54 Å². The first-order valence-electron chi connectivity index (χ1n) is 4.43. The van der Waals surface area contributed by atoms with Crippen molar-refractivity contribution in [2.45, 2.75) is 33.2 Å². The first-order valence-corrected chi connectivity index (χ1v) is 4.43. The van der Waals surface area contributed by atoms with Gasteiger partial charge in [0.1, 0.15) is 5.82 Å². The molecule has 13 heavy (non-hydrogen) atoms. The molecule has 0 heterocycles. The van der Waals surface area contributed by atoms with Crippen LogP contribution in [0.2, 0.25) is 0 Å². The SMILES string of the molecule is Cc1ccc(F)cc1NC(C)(C)C. The van der Waals surface area contributed by atoms with E-state index in [9.17, 15) is 4.39 Å². The lowest BCUT2D eigenvalue weighted by Gasteiger charge is -2.23. The Bertz CT molecular complexity index is 299. The molecule has 0 aromatic heterocycles. The molecule has 1 aromatic rings. The van der Waals surface area contributed by atoms with E-state index >= 15 is 0 Å². The third-order valence-electron chi connectivity index (χ3n) is 1.71. The van der Waals surface area contributed by atoms with Crippen molar-refractivity contribution in [3.8, 4) is 0 Å². The molecule has 0 spiro atoms. The second-order valence-electron chi connectivity index (χ2n) is 4.33. The quantitative estimate of drug-likeness (QED) is 0.700. The Balaban J connectivity index is 2.94. The molecule has 0 bridgehead atoms. The lowest BCUT2D eigenvalue weighted by molar-refractivity contribution is 0.617. The molecule has 0 aliphatic heterocycles. The lowest BCUT2D eigenvalue weighted by Crippen LogP contribution is -2.26. The summed E-state index contributed by atoms with van der Waals surface area (Å²) < 4.78 is 12.9. The molecule has 0 unspecified atom stereocenters. The lowest BCUT2D eigenvalue weighted by atomic mass is 10.1. The van der Waals surface area contributed by atoms with Crippen molar-refractivity contribution in [3.63, 3.8) is 0 Å². The summed E-state index contributed by atoms with van der Waals surface area (Å²) in [4.78, 5) is 0. The second-order valence-corrected chi connectivity index (χ2v) is 4.33. The van der Waals surface area contributed by atoms with Crippen LogP contribution in [0.1, 0.15) is 26.3 Å². The number of aryl methyl sites for hydroxylation is 1. The fraction of sp³-hybridized carbons (Fsp3) is 0.455. The van der Waals surface area contributed by atoms with Gasteiger partial charge >= 0.3 is 0 Å². The van der Waals surface area contributed by atoms with Crippen molar-refractivity contribution in [2.24, 2.45) is 0 Å². The van der Waals surface area contributed by atoms with Crippen molar-refractivity contribution >= 4 is 5.69 Å². The Labute approximate surface area is 79.0 Å². The molecular weight excluding hydrogens is 165 g/mol. The zero-order valence-electron chi connectivity index (χ0n) is 8.61. The highest BCUT2D eigenvalue weighted by Gasteiger charge is 2.10. The van der Waals surface area contributed by atoms with Crippen LogP contribution in [-0.2, 0) is 0 Å². The van der Waals surface area contributed by atoms with Gasteiger partial charge in [-0.05, 0) is 45.4 Å². The maximum atomic E-state index is 12.9. The van der Waals surface area contributed by atoms with Crippen molar-refractivity contribution < 1.29 is 4.39 Å². The zero-order chi connectivity index (χ0) is 10.1. The minimum absolute atomic E-state index is 0.0292. The van der Waals surface area contributed by atoms with Crippen molar-refractivity contribution in [3.05, 3.63) is 29.6 Å². The summed E-state index contributed by atoms with van der Waals surface area (Å²) in [6.07, 6.45) is 0. The van der Waals surface area contributed by atoms with Crippen molar-refractivity contribution in [1.82, 2.24) is 0 Å². The molecule has 0 radical (unpaired) electrons. The van der Waals surface area contributed by atoms with E-state index in [1.165, 1.54) is 12.1 Å². The van der Waals surface area contributed by atoms with Crippen LogP contribution in [0.4, 0.5) is 10.1 Å². The van der Waals surface area contributed by atoms with E-state index in [1.807, 2.05) is 6.92 Å². The third kappa shape index (κ3) is 3.05. The minimum Gasteiger partial charge on any atom is -0.380 e. The number of halogens is 1. The first-order chi connectivity index (χ1) is 5.88. The Morgan fingerprint density at radius 1 is 1.23 bits per heavy atom. The number of hydrogen-bond donors (Lipinski definition) is 1. The summed E-state index contributed by atoms with van der Waals surface area (Å²) in [5.74, 6) is -0.197. The van der Waals surface area contributed by atoms with Crippen LogP contribution in [0.25, 0.3) is 0 Å². The Morgan fingerprint density at radius 3 is 2.38 bits per heavy atom. The summed E-state index contributed by atoms with van der Waals surface area (Å²) in [5.41, 5.74) is 1.90. The average molecular weight is 181 g/mol. The molecule has 0 saturated carbocycles. The fourth-order valence-corrected chi connectivity index (χ4v) is 1.13. The van der Waals surface area contributed by atoms with E-state index in [2.05, 4.69) is 26.1 Å². The molecule has 1 rings (SSSR count). The van der Waals surface area contributed by atoms with Gasteiger partial charge in [-0.15, -0.1) is 0 Å². The molecule has 0 saturated heterocycles. The highest BCUT2D eigenvalue weighted by molar-refractivity contribution is 5.52. The Kier molecular flexibility index (Phi) is 2.60. The molecule has 72 valence electrons. The molecule has 2 heteroatoms. The summed E-state index contributed by atoms with van der Waals surface area (Å²) in [6, 6.07) is 4.78. The van der Waals surface area contributed by atoms with Gasteiger partial charge in [-0.2, -0.15) is 0 Å². The fourth-order valence-electron chi connectivity index (χ4n) is 1.13. The first kappa shape index (κ1) is 10.0. The second kappa shape index (κ2) is 3.36. The maximum Gasteiger partial charge on any atom is 0.125 e. The van der Waals surface area contributed by atoms with E-state index in [-0.39, 0.29) is 11.4 Å². The summed E-state index contributed by atoms with van der Waals surface area (Å²) in [6.45, 7) is 8.12.